The van der Waals surface area contributed by atoms with E-state index >= 15 is 0 Å². The van der Waals surface area contributed by atoms with E-state index in [4.69, 9.17) is 4.74 Å². The molecule has 1 aliphatic carbocycles. The van der Waals surface area contributed by atoms with Crippen molar-refractivity contribution in [1.29, 1.82) is 0 Å². The van der Waals surface area contributed by atoms with Crippen LogP contribution in [-0.4, -0.2) is 34.8 Å². The van der Waals surface area contributed by atoms with Gasteiger partial charge in [0.05, 0.1) is 6.04 Å². The Bertz CT molecular complexity index is 409. The number of imide groups is 1. The van der Waals surface area contributed by atoms with Crippen LogP contribution < -0.4 is 0 Å². The Morgan fingerprint density at radius 1 is 1.32 bits per heavy atom. The molecule has 0 bridgehead atoms. The second kappa shape index (κ2) is 5.55. The van der Waals surface area contributed by atoms with Crippen LogP contribution in [0.15, 0.2) is 12.2 Å². The lowest BCUT2D eigenvalue weighted by Gasteiger charge is -2.27. The lowest BCUT2D eigenvalue weighted by molar-refractivity contribution is -0.157. The van der Waals surface area contributed by atoms with E-state index in [-0.39, 0.29) is 35.8 Å². The lowest BCUT2D eigenvalue weighted by atomic mass is 10.1. The Morgan fingerprint density at radius 3 is 2.53 bits per heavy atom. The average molecular weight is 265 g/mol. The Balaban J connectivity index is 1.99. The van der Waals surface area contributed by atoms with Crippen LogP contribution >= 0.6 is 0 Å². The fourth-order valence-electron chi connectivity index (χ4n) is 2.63. The van der Waals surface area contributed by atoms with E-state index in [1.807, 2.05) is 13.8 Å². The summed E-state index contributed by atoms with van der Waals surface area (Å²) in [5.74, 6) is -0.619. The molecule has 1 saturated carbocycles. The Labute approximate surface area is 112 Å². The van der Waals surface area contributed by atoms with Crippen LogP contribution in [0, 0.1) is 5.92 Å². The minimum absolute atomic E-state index is 0.240. The molecule has 2 aliphatic rings. The fraction of sp³-hybridized carbons (Fsp3) is 0.643. The van der Waals surface area contributed by atoms with Crippen molar-refractivity contribution in [2.24, 2.45) is 5.92 Å². The molecule has 19 heavy (non-hydrogen) atoms. The van der Waals surface area contributed by atoms with Gasteiger partial charge in [0.15, 0.2) is 0 Å². The maximum atomic E-state index is 11.7. The van der Waals surface area contributed by atoms with Gasteiger partial charge in [-0.15, -0.1) is 0 Å². The Morgan fingerprint density at radius 2 is 1.95 bits per heavy atom. The van der Waals surface area contributed by atoms with Crippen molar-refractivity contribution in [3.63, 3.8) is 0 Å². The van der Waals surface area contributed by atoms with Crippen LogP contribution in [0.2, 0.25) is 0 Å². The smallest absolute Gasteiger partial charge is 0.306 e. The Kier molecular flexibility index (Phi) is 4.02. The van der Waals surface area contributed by atoms with E-state index in [0.717, 1.165) is 6.42 Å². The summed E-state index contributed by atoms with van der Waals surface area (Å²) in [6.45, 7) is 3.90. The van der Waals surface area contributed by atoms with Gasteiger partial charge in [0, 0.05) is 18.6 Å². The molecule has 0 N–H and O–H groups in total. The van der Waals surface area contributed by atoms with Gasteiger partial charge in [0.25, 0.3) is 11.8 Å². The van der Waals surface area contributed by atoms with Gasteiger partial charge in [0.2, 0.25) is 0 Å². The summed E-state index contributed by atoms with van der Waals surface area (Å²) >= 11 is 0. The highest BCUT2D eigenvalue weighted by molar-refractivity contribution is 6.13. The van der Waals surface area contributed by atoms with Crippen LogP contribution in [0.25, 0.3) is 0 Å². The molecule has 0 aromatic carbocycles. The molecule has 0 aromatic heterocycles. The molecule has 2 atom stereocenters. The van der Waals surface area contributed by atoms with Gasteiger partial charge in [-0.25, -0.2) is 0 Å². The standard InChI is InChI=1S/C14H19NO4/c1-9(2)8-14(18)19-11-5-3-4-10(11)15-12(16)6-7-13(15)17/h6-7,9-11H,3-5,8H2,1-2H3/t10-,11-/m0/s1. The molecule has 0 saturated heterocycles. The number of carbonyl (C=O) groups is 3. The molecule has 2 rings (SSSR count). The number of hydrogen-bond donors (Lipinski definition) is 0. The van der Waals surface area contributed by atoms with Gasteiger partial charge in [0.1, 0.15) is 6.10 Å². The van der Waals surface area contributed by atoms with E-state index < -0.39 is 0 Å². The van der Waals surface area contributed by atoms with Gasteiger partial charge in [-0.2, -0.15) is 0 Å². The highest BCUT2D eigenvalue weighted by Gasteiger charge is 2.40. The van der Waals surface area contributed by atoms with Crippen molar-refractivity contribution in [3.8, 4) is 0 Å². The van der Waals surface area contributed by atoms with Gasteiger partial charge in [-0.05, 0) is 25.2 Å². The molecule has 5 heteroatoms. The number of rotatable bonds is 4. The molecule has 1 aliphatic heterocycles. The molecule has 0 aromatic rings. The third kappa shape index (κ3) is 3.03. The minimum Gasteiger partial charge on any atom is -0.460 e. The maximum Gasteiger partial charge on any atom is 0.306 e. The Hall–Kier alpha value is -1.65. The number of esters is 1. The summed E-state index contributed by atoms with van der Waals surface area (Å²) in [6, 6.07) is -0.300. The molecular weight excluding hydrogens is 246 g/mol. The number of nitrogens with zero attached hydrogens (tertiary/aromatic N) is 1. The van der Waals surface area contributed by atoms with E-state index in [9.17, 15) is 14.4 Å². The van der Waals surface area contributed by atoms with Crippen molar-refractivity contribution in [2.45, 2.75) is 51.7 Å². The van der Waals surface area contributed by atoms with Gasteiger partial charge in [-0.3, -0.25) is 19.3 Å². The highest BCUT2D eigenvalue weighted by atomic mass is 16.5. The van der Waals surface area contributed by atoms with Crippen molar-refractivity contribution in [1.82, 2.24) is 4.90 Å². The lowest BCUT2D eigenvalue weighted by Crippen LogP contribution is -2.45. The predicted octanol–water partition coefficient (Wildman–Crippen LogP) is 1.42. The van der Waals surface area contributed by atoms with Gasteiger partial charge < -0.3 is 4.74 Å². The summed E-state index contributed by atoms with van der Waals surface area (Å²) in [5, 5.41) is 0. The second-order valence-electron chi connectivity index (χ2n) is 5.50. The SMILES string of the molecule is CC(C)CC(=O)O[C@H]1CCC[C@@H]1N1C(=O)C=CC1=O. The molecule has 0 spiro atoms. The average Bonchev–Trinajstić information content (AvgIpc) is 2.85. The summed E-state index contributed by atoms with van der Waals surface area (Å²) in [7, 11) is 0. The van der Waals surface area contributed by atoms with Crippen LogP contribution in [0.4, 0.5) is 0 Å². The van der Waals surface area contributed by atoms with E-state index in [1.54, 1.807) is 0 Å². The normalized spacial score (nSPS) is 26.6. The molecular formula is C14H19NO4. The van der Waals surface area contributed by atoms with E-state index in [0.29, 0.717) is 19.3 Å². The largest absolute Gasteiger partial charge is 0.460 e. The zero-order valence-electron chi connectivity index (χ0n) is 11.3. The highest BCUT2D eigenvalue weighted by Crippen LogP contribution is 2.29. The maximum absolute atomic E-state index is 11.7. The van der Waals surface area contributed by atoms with Gasteiger partial charge >= 0.3 is 5.97 Å². The molecule has 0 radical (unpaired) electrons. The van der Waals surface area contributed by atoms with Crippen molar-refractivity contribution in [2.75, 3.05) is 0 Å². The summed E-state index contributed by atoms with van der Waals surface area (Å²) in [5.41, 5.74) is 0. The zero-order chi connectivity index (χ0) is 14.0. The zero-order valence-corrected chi connectivity index (χ0v) is 11.3. The summed E-state index contributed by atoms with van der Waals surface area (Å²) < 4.78 is 5.43. The first-order chi connectivity index (χ1) is 8.99. The van der Waals surface area contributed by atoms with Crippen molar-refractivity contribution in [3.05, 3.63) is 12.2 Å². The first kappa shape index (κ1) is 13.8. The second-order valence-corrected chi connectivity index (χ2v) is 5.50. The third-order valence-corrected chi connectivity index (χ3v) is 3.45. The molecule has 0 unspecified atom stereocenters. The van der Waals surface area contributed by atoms with Gasteiger partial charge in [-0.1, -0.05) is 13.8 Å². The quantitative estimate of drug-likeness (QED) is 0.569. The van der Waals surface area contributed by atoms with Crippen LogP contribution in [0.5, 0.6) is 0 Å². The van der Waals surface area contributed by atoms with Crippen molar-refractivity contribution < 1.29 is 19.1 Å². The molecule has 1 fully saturated rings. The number of hydrogen-bond acceptors (Lipinski definition) is 4. The monoisotopic (exact) mass is 265 g/mol. The fourth-order valence-corrected chi connectivity index (χ4v) is 2.63. The van der Waals surface area contributed by atoms with Crippen LogP contribution in [0.3, 0.4) is 0 Å². The first-order valence-electron chi connectivity index (χ1n) is 6.73. The van der Waals surface area contributed by atoms with Crippen LogP contribution in [0.1, 0.15) is 39.5 Å². The molecule has 1 heterocycles. The predicted molar refractivity (Wildman–Crippen MR) is 68.0 cm³/mol. The number of amides is 2. The summed E-state index contributed by atoms with van der Waals surface area (Å²) in [6.07, 6.45) is 4.84. The van der Waals surface area contributed by atoms with Crippen molar-refractivity contribution >= 4 is 17.8 Å². The van der Waals surface area contributed by atoms with Crippen LogP contribution in [-0.2, 0) is 19.1 Å². The number of ether oxygens (including phenoxy) is 1. The third-order valence-electron chi connectivity index (χ3n) is 3.45. The molecule has 104 valence electrons. The topological polar surface area (TPSA) is 63.7 Å². The number of carbonyl (C=O) groups excluding carboxylic acids is 3. The minimum atomic E-state index is -0.348. The van der Waals surface area contributed by atoms with E-state index in [1.165, 1.54) is 17.1 Å². The van der Waals surface area contributed by atoms with E-state index in [2.05, 4.69) is 0 Å². The molecule has 2 amide bonds. The summed E-state index contributed by atoms with van der Waals surface area (Å²) in [4.78, 5) is 36.2. The first-order valence-corrected chi connectivity index (χ1v) is 6.73. The molecule has 5 nitrogen and oxygen atoms in total.